The quantitative estimate of drug-likeness (QED) is 0.732. The molecule has 1 rings (SSSR count). The van der Waals surface area contributed by atoms with Crippen molar-refractivity contribution in [1.29, 1.82) is 5.26 Å². The van der Waals surface area contributed by atoms with E-state index in [9.17, 15) is 0 Å². The van der Waals surface area contributed by atoms with Crippen LogP contribution in [-0.4, -0.2) is 6.61 Å². The molecule has 0 amide bonds. The van der Waals surface area contributed by atoms with Crippen LogP contribution in [0.4, 0.5) is 0 Å². The van der Waals surface area contributed by atoms with E-state index in [1.807, 2.05) is 45.0 Å². The summed E-state index contributed by atoms with van der Waals surface area (Å²) in [5, 5.41) is 8.94. The van der Waals surface area contributed by atoms with E-state index in [4.69, 9.17) is 10.00 Å². The van der Waals surface area contributed by atoms with Gasteiger partial charge in [-0.15, -0.1) is 0 Å². The first kappa shape index (κ1) is 10.6. The summed E-state index contributed by atoms with van der Waals surface area (Å²) in [5.74, 6) is 0.852. The normalized spacial score (nSPS) is 10.7. The molecule has 0 bridgehead atoms. The van der Waals surface area contributed by atoms with Crippen LogP contribution in [0.1, 0.15) is 26.3 Å². The van der Waals surface area contributed by atoms with Crippen LogP contribution in [0.15, 0.2) is 24.3 Å². The predicted octanol–water partition coefficient (Wildman–Crippen LogP) is 2.89. The van der Waals surface area contributed by atoms with E-state index in [-0.39, 0.29) is 0 Å². The van der Waals surface area contributed by atoms with E-state index < -0.39 is 5.41 Å². The van der Waals surface area contributed by atoms with Crippen molar-refractivity contribution in [2.24, 2.45) is 0 Å². The van der Waals surface area contributed by atoms with Gasteiger partial charge >= 0.3 is 0 Å². The zero-order valence-electron chi connectivity index (χ0n) is 8.87. The van der Waals surface area contributed by atoms with Gasteiger partial charge < -0.3 is 4.74 Å². The van der Waals surface area contributed by atoms with Gasteiger partial charge in [0.2, 0.25) is 0 Å². The minimum atomic E-state index is -0.426. The molecule has 0 heterocycles. The summed E-state index contributed by atoms with van der Waals surface area (Å²) in [6.07, 6.45) is 0. The van der Waals surface area contributed by atoms with Crippen molar-refractivity contribution >= 4 is 0 Å². The Bertz CT molecular complexity index is 332. The zero-order valence-corrected chi connectivity index (χ0v) is 8.87. The number of ether oxygens (including phenoxy) is 1. The Labute approximate surface area is 85.1 Å². The van der Waals surface area contributed by atoms with Gasteiger partial charge in [-0.1, -0.05) is 12.1 Å². The summed E-state index contributed by atoms with van der Waals surface area (Å²) >= 11 is 0. The van der Waals surface area contributed by atoms with E-state index in [1.54, 1.807) is 0 Å². The fourth-order valence-corrected chi connectivity index (χ4v) is 1.20. The topological polar surface area (TPSA) is 33.0 Å². The van der Waals surface area contributed by atoms with E-state index in [1.165, 1.54) is 0 Å². The lowest BCUT2D eigenvalue weighted by Crippen LogP contribution is -2.13. The molecular weight excluding hydrogens is 174 g/mol. The summed E-state index contributed by atoms with van der Waals surface area (Å²) in [5.41, 5.74) is 0.591. The number of nitrogens with zero attached hydrogens (tertiary/aromatic N) is 1. The molecule has 0 atom stereocenters. The average molecular weight is 189 g/mol. The van der Waals surface area contributed by atoms with E-state index in [2.05, 4.69) is 6.07 Å². The van der Waals surface area contributed by atoms with Crippen LogP contribution in [0.3, 0.4) is 0 Å². The first-order valence-electron chi connectivity index (χ1n) is 4.74. The molecule has 1 aromatic rings. The van der Waals surface area contributed by atoms with Gasteiger partial charge in [-0.05, 0) is 38.5 Å². The summed E-state index contributed by atoms with van der Waals surface area (Å²) < 4.78 is 5.32. The molecule has 0 aliphatic carbocycles. The molecule has 0 spiro atoms. The number of benzene rings is 1. The molecule has 0 saturated heterocycles. The van der Waals surface area contributed by atoms with Gasteiger partial charge in [0.15, 0.2) is 0 Å². The Morgan fingerprint density at radius 2 is 1.86 bits per heavy atom. The second-order valence-corrected chi connectivity index (χ2v) is 3.69. The van der Waals surface area contributed by atoms with Crippen molar-refractivity contribution in [3.05, 3.63) is 29.8 Å². The Morgan fingerprint density at radius 1 is 1.29 bits per heavy atom. The average Bonchev–Trinajstić information content (AvgIpc) is 2.19. The smallest absolute Gasteiger partial charge is 0.119 e. The third-order valence-electron chi connectivity index (χ3n) is 2.17. The summed E-state index contributed by atoms with van der Waals surface area (Å²) in [6.45, 7) is 6.43. The highest BCUT2D eigenvalue weighted by molar-refractivity contribution is 5.35. The standard InChI is InChI=1S/C12H15NO/c1-4-14-11-7-5-10(6-8-11)12(2,3)9-13/h5-8H,4H2,1-3H3. The van der Waals surface area contributed by atoms with Gasteiger partial charge in [0.25, 0.3) is 0 Å². The Balaban J connectivity index is 2.90. The molecular formula is C12H15NO. The third kappa shape index (κ3) is 2.26. The number of rotatable bonds is 3. The van der Waals surface area contributed by atoms with Crippen LogP contribution in [0.25, 0.3) is 0 Å². The molecule has 0 aromatic heterocycles. The molecule has 14 heavy (non-hydrogen) atoms. The maximum atomic E-state index is 8.94. The maximum Gasteiger partial charge on any atom is 0.119 e. The Kier molecular flexibility index (Phi) is 3.14. The highest BCUT2D eigenvalue weighted by Gasteiger charge is 2.18. The lowest BCUT2D eigenvalue weighted by atomic mass is 9.86. The minimum absolute atomic E-state index is 0.426. The second kappa shape index (κ2) is 4.15. The van der Waals surface area contributed by atoms with Gasteiger partial charge in [0, 0.05) is 0 Å². The lowest BCUT2D eigenvalue weighted by Gasteiger charge is -2.15. The monoisotopic (exact) mass is 189 g/mol. The van der Waals surface area contributed by atoms with E-state index in [0.29, 0.717) is 6.61 Å². The van der Waals surface area contributed by atoms with Gasteiger partial charge in [-0.3, -0.25) is 0 Å². The molecule has 0 aliphatic heterocycles. The van der Waals surface area contributed by atoms with Crippen LogP contribution in [0.2, 0.25) is 0 Å². The summed E-state index contributed by atoms with van der Waals surface area (Å²) in [6, 6.07) is 9.95. The van der Waals surface area contributed by atoms with Crippen molar-refractivity contribution in [2.45, 2.75) is 26.2 Å². The molecule has 0 unspecified atom stereocenters. The van der Waals surface area contributed by atoms with Crippen molar-refractivity contribution in [1.82, 2.24) is 0 Å². The van der Waals surface area contributed by atoms with Crippen LogP contribution in [-0.2, 0) is 5.41 Å². The number of hydrogen-bond donors (Lipinski definition) is 0. The summed E-state index contributed by atoms with van der Waals surface area (Å²) in [4.78, 5) is 0. The number of hydrogen-bond acceptors (Lipinski definition) is 2. The van der Waals surface area contributed by atoms with Crippen molar-refractivity contribution in [2.75, 3.05) is 6.61 Å². The van der Waals surface area contributed by atoms with Gasteiger partial charge in [0.05, 0.1) is 18.1 Å². The maximum absolute atomic E-state index is 8.94. The van der Waals surface area contributed by atoms with Gasteiger partial charge in [0.1, 0.15) is 5.75 Å². The van der Waals surface area contributed by atoms with Gasteiger partial charge in [-0.25, -0.2) is 0 Å². The SMILES string of the molecule is CCOc1ccc(C(C)(C)C#N)cc1. The third-order valence-corrected chi connectivity index (χ3v) is 2.17. The fourth-order valence-electron chi connectivity index (χ4n) is 1.20. The predicted molar refractivity (Wildman–Crippen MR) is 56.3 cm³/mol. The largest absolute Gasteiger partial charge is 0.494 e. The zero-order chi connectivity index (χ0) is 10.6. The lowest BCUT2D eigenvalue weighted by molar-refractivity contribution is 0.340. The molecule has 0 fully saturated rings. The first-order valence-corrected chi connectivity index (χ1v) is 4.74. The molecule has 0 saturated carbocycles. The minimum Gasteiger partial charge on any atom is -0.494 e. The highest BCUT2D eigenvalue weighted by atomic mass is 16.5. The molecule has 1 aromatic carbocycles. The van der Waals surface area contributed by atoms with Crippen molar-refractivity contribution in [3.8, 4) is 11.8 Å². The molecule has 0 aliphatic rings. The van der Waals surface area contributed by atoms with Crippen LogP contribution in [0, 0.1) is 11.3 Å². The van der Waals surface area contributed by atoms with Gasteiger partial charge in [-0.2, -0.15) is 5.26 Å². The molecule has 0 radical (unpaired) electrons. The van der Waals surface area contributed by atoms with Crippen LogP contribution < -0.4 is 4.74 Å². The summed E-state index contributed by atoms with van der Waals surface area (Å²) in [7, 11) is 0. The Morgan fingerprint density at radius 3 is 2.29 bits per heavy atom. The molecule has 0 N–H and O–H groups in total. The molecule has 2 nitrogen and oxygen atoms in total. The molecule has 2 heteroatoms. The highest BCUT2D eigenvalue weighted by Crippen LogP contribution is 2.24. The Hall–Kier alpha value is -1.49. The fraction of sp³-hybridized carbons (Fsp3) is 0.417. The van der Waals surface area contributed by atoms with Crippen molar-refractivity contribution < 1.29 is 4.74 Å². The molecule has 74 valence electrons. The van der Waals surface area contributed by atoms with Crippen molar-refractivity contribution in [3.63, 3.8) is 0 Å². The number of nitriles is 1. The van der Waals surface area contributed by atoms with Crippen LogP contribution in [0.5, 0.6) is 5.75 Å². The second-order valence-electron chi connectivity index (χ2n) is 3.69. The van der Waals surface area contributed by atoms with E-state index in [0.717, 1.165) is 11.3 Å². The van der Waals surface area contributed by atoms with Crippen LogP contribution >= 0.6 is 0 Å². The van der Waals surface area contributed by atoms with E-state index >= 15 is 0 Å². The first-order chi connectivity index (χ1) is 6.60.